The van der Waals surface area contributed by atoms with E-state index in [0.717, 1.165) is 0 Å². The highest BCUT2D eigenvalue weighted by molar-refractivity contribution is 7.38. The fraction of sp³-hybridized carbons (Fsp3) is 1.00. The van der Waals surface area contributed by atoms with E-state index in [-0.39, 0.29) is 6.23 Å². The van der Waals surface area contributed by atoms with E-state index in [0.29, 0.717) is 4.48 Å². The lowest BCUT2D eigenvalue weighted by atomic mass is 10.5. The lowest BCUT2D eigenvalue weighted by Crippen LogP contribution is -2.42. The molecule has 0 aliphatic carbocycles. The number of hydrogen-bond donors (Lipinski definition) is 4. The second-order valence-electron chi connectivity index (χ2n) is 3.02. The summed E-state index contributed by atoms with van der Waals surface area (Å²) in [6.07, 6.45) is -0.264. The molecule has 0 saturated carbocycles. The number of rotatable bonds is 1. The molecule has 0 rings (SSSR count). The normalized spacial score (nSPS) is 13.9. The molecule has 6 heteroatoms. The van der Waals surface area contributed by atoms with E-state index in [1.54, 1.807) is 6.92 Å². The highest BCUT2D eigenvalue weighted by atomic mass is 31.2. The average molecular weight is 186 g/mol. The highest BCUT2D eigenvalue weighted by Gasteiger charge is 2.12. The quantitative estimate of drug-likeness (QED) is 0.246. The predicted octanol–water partition coefficient (Wildman–Crippen LogP) is -0.779. The smallest absolute Gasteiger partial charge is 0.324 e. The molecule has 5 nitrogen and oxygen atoms in total. The summed E-state index contributed by atoms with van der Waals surface area (Å²) >= 11 is 0. The van der Waals surface area contributed by atoms with Crippen molar-refractivity contribution in [3.05, 3.63) is 0 Å². The van der Waals surface area contributed by atoms with Crippen molar-refractivity contribution in [1.29, 1.82) is 0 Å². The Hall–Kier alpha value is 0.230. The molecule has 70 valence electrons. The van der Waals surface area contributed by atoms with Gasteiger partial charge >= 0.3 is 8.60 Å². The maximum absolute atomic E-state index is 8.86. The number of quaternary nitrogens is 1. The van der Waals surface area contributed by atoms with Crippen molar-refractivity contribution >= 4 is 8.60 Å². The Bertz CT molecular complexity index is 88.2. The third-order valence-corrected chi connectivity index (χ3v) is 1.12. The molecule has 0 amide bonds. The minimum atomic E-state index is -2.62. The van der Waals surface area contributed by atoms with Crippen molar-refractivity contribution < 1.29 is 24.3 Å². The van der Waals surface area contributed by atoms with Crippen molar-refractivity contribution in [3.8, 4) is 0 Å². The van der Waals surface area contributed by atoms with Gasteiger partial charge in [-0.1, -0.05) is 0 Å². The minimum Gasteiger partial charge on any atom is -0.345 e. The van der Waals surface area contributed by atoms with Crippen LogP contribution >= 0.6 is 8.60 Å². The molecule has 4 N–H and O–H groups in total. The molecule has 0 bridgehead atoms. The van der Waals surface area contributed by atoms with Crippen molar-refractivity contribution in [1.82, 2.24) is 0 Å². The van der Waals surface area contributed by atoms with Gasteiger partial charge in [0.2, 0.25) is 0 Å². The standard InChI is InChI=1S/C5H14NO.H3O3P/c1-5(7)6(2,3)4;1-4(2)3/h5,7H,1-4H3;1-3H/q+1;. The van der Waals surface area contributed by atoms with Crippen molar-refractivity contribution in [2.45, 2.75) is 13.2 Å². The summed E-state index contributed by atoms with van der Waals surface area (Å²) in [5.41, 5.74) is 0. The molecule has 0 radical (unpaired) electrons. The maximum atomic E-state index is 8.86. The Morgan fingerprint density at radius 2 is 1.18 bits per heavy atom. The summed E-state index contributed by atoms with van der Waals surface area (Å²) < 4.78 is 0.611. The van der Waals surface area contributed by atoms with Gasteiger partial charge in [0.1, 0.15) is 0 Å². The van der Waals surface area contributed by atoms with Crippen LogP contribution in [0.15, 0.2) is 0 Å². The zero-order valence-electron chi connectivity index (χ0n) is 7.26. The number of nitrogens with zero attached hydrogens (tertiary/aromatic N) is 1. The molecule has 1 atom stereocenters. The van der Waals surface area contributed by atoms with Gasteiger partial charge < -0.3 is 24.3 Å². The monoisotopic (exact) mass is 186 g/mol. The fourth-order valence-corrected chi connectivity index (χ4v) is 0. The van der Waals surface area contributed by atoms with Crippen LogP contribution in [0.25, 0.3) is 0 Å². The summed E-state index contributed by atoms with van der Waals surface area (Å²) in [6.45, 7) is 1.78. The molecule has 0 spiro atoms. The van der Waals surface area contributed by atoms with Crippen LogP contribution in [0.4, 0.5) is 0 Å². The highest BCUT2D eigenvalue weighted by Crippen LogP contribution is 2.11. The van der Waals surface area contributed by atoms with E-state index in [1.807, 2.05) is 21.1 Å². The summed E-state index contributed by atoms with van der Waals surface area (Å²) in [7, 11) is 3.23. The van der Waals surface area contributed by atoms with Crippen molar-refractivity contribution in [3.63, 3.8) is 0 Å². The molecule has 0 saturated heterocycles. The molecule has 0 heterocycles. The lowest BCUT2D eigenvalue weighted by molar-refractivity contribution is -0.916. The third-order valence-electron chi connectivity index (χ3n) is 1.12. The van der Waals surface area contributed by atoms with Gasteiger partial charge in [-0.2, -0.15) is 0 Å². The van der Waals surface area contributed by atoms with E-state index >= 15 is 0 Å². The van der Waals surface area contributed by atoms with Crippen LogP contribution in [0.5, 0.6) is 0 Å². The van der Waals surface area contributed by atoms with Crippen LogP contribution in [0.3, 0.4) is 0 Å². The first-order valence-corrected chi connectivity index (χ1v) is 4.24. The van der Waals surface area contributed by atoms with E-state index in [1.165, 1.54) is 0 Å². The summed E-state index contributed by atoms with van der Waals surface area (Å²) in [4.78, 5) is 21.7. The van der Waals surface area contributed by atoms with Crippen LogP contribution in [0, 0.1) is 0 Å². The zero-order chi connectivity index (χ0) is 9.65. The zero-order valence-corrected chi connectivity index (χ0v) is 8.16. The largest absolute Gasteiger partial charge is 0.345 e. The van der Waals surface area contributed by atoms with Gasteiger partial charge in [0.25, 0.3) is 0 Å². The SMILES string of the molecule is CC(O)[N+](C)(C)C.OP(O)O. The molecule has 0 aromatic rings. The first-order valence-electron chi connectivity index (χ1n) is 3.04. The van der Waals surface area contributed by atoms with Gasteiger partial charge in [-0.3, -0.25) is 0 Å². The van der Waals surface area contributed by atoms with E-state index in [2.05, 4.69) is 0 Å². The third kappa shape index (κ3) is 17.9. The van der Waals surface area contributed by atoms with Gasteiger partial charge in [0.15, 0.2) is 6.23 Å². The summed E-state index contributed by atoms with van der Waals surface area (Å²) in [5.74, 6) is 0. The van der Waals surface area contributed by atoms with Crippen LogP contribution in [0.1, 0.15) is 6.92 Å². The predicted molar refractivity (Wildman–Crippen MR) is 43.3 cm³/mol. The van der Waals surface area contributed by atoms with Crippen molar-refractivity contribution in [2.75, 3.05) is 21.1 Å². The van der Waals surface area contributed by atoms with Gasteiger partial charge in [-0.05, 0) is 0 Å². The molecule has 11 heavy (non-hydrogen) atoms. The first kappa shape index (κ1) is 13.8. The second-order valence-corrected chi connectivity index (χ2v) is 3.55. The van der Waals surface area contributed by atoms with Crippen LogP contribution in [0.2, 0.25) is 0 Å². The van der Waals surface area contributed by atoms with Crippen molar-refractivity contribution in [2.24, 2.45) is 0 Å². The summed E-state index contributed by atoms with van der Waals surface area (Å²) in [5, 5.41) is 8.86. The molecule has 0 aliphatic rings. The number of aliphatic hydroxyl groups is 1. The Labute approximate surface area is 68.1 Å². The minimum absolute atomic E-state index is 0.264. The van der Waals surface area contributed by atoms with Crippen LogP contribution in [-0.4, -0.2) is 51.6 Å². The Morgan fingerprint density at radius 3 is 1.18 bits per heavy atom. The number of hydrogen-bond acceptors (Lipinski definition) is 4. The van der Waals surface area contributed by atoms with E-state index in [4.69, 9.17) is 19.8 Å². The molecule has 0 aromatic heterocycles. The first-order chi connectivity index (χ1) is 4.68. The topological polar surface area (TPSA) is 80.9 Å². The molecular formula is C5H17NO4P+. The van der Waals surface area contributed by atoms with Gasteiger partial charge in [-0.25, -0.2) is 0 Å². The van der Waals surface area contributed by atoms with Crippen LogP contribution in [-0.2, 0) is 0 Å². The van der Waals surface area contributed by atoms with Gasteiger partial charge in [0, 0.05) is 6.92 Å². The maximum Gasteiger partial charge on any atom is 0.324 e. The fourth-order valence-electron chi connectivity index (χ4n) is 0. The second kappa shape index (κ2) is 5.83. The molecule has 0 aliphatic heterocycles. The van der Waals surface area contributed by atoms with Gasteiger partial charge in [0.05, 0.1) is 21.1 Å². The Morgan fingerprint density at radius 1 is 1.09 bits per heavy atom. The average Bonchev–Trinajstić information content (AvgIpc) is 1.59. The Kier molecular flexibility index (Phi) is 7.31. The van der Waals surface area contributed by atoms with E-state index < -0.39 is 8.60 Å². The van der Waals surface area contributed by atoms with E-state index in [9.17, 15) is 0 Å². The Balaban J connectivity index is 0. The lowest BCUT2D eigenvalue weighted by Gasteiger charge is -2.26. The molecule has 0 fully saturated rings. The molecule has 1 unspecified atom stereocenters. The number of aliphatic hydroxyl groups excluding tert-OH is 1. The molecule has 0 aromatic carbocycles. The van der Waals surface area contributed by atoms with Gasteiger partial charge in [-0.15, -0.1) is 0 Å². The summed E-state index contributed by atoms with van der Waals surface area (Å²) in [6, 6.07) is 0. The molecular weight excluding hydrogens is 169 g/mol. The van der Waals surface area contributed by atoms with Crippen LogP contribution < -0.4 is 0 Å².